The Bertz CT molecular complexity index is 412. The molecule has 0 saturated carbocycles. The van der Waals surface area contributed by atoms with Crippen LogP contribution in [-0.4, -0.2) is 42.2 Å². The van der Waals surface area contributed by atoms with Gasteiger partial charge in [-0.15, -0.1) is 0 Å². The minimum Gasteiger partial charge on any atom is -0.379 e. The number of rotatable bonds is 9. The molecule has 120 valence electrons. The zero-order valence-corrected chi connectivity index (χ0v) is 13.6. The lowest BCUT2D eigenvalue weighted by atomic mass is 10.1. The van der Waals surface area contributed by atoms with E-state index >= 15 is 0 Å². The van der Waals surface area contributed by atoms with Crippen LogP contribution in [0.3, 0.4) is 0 Å². The molecule has 1 aromatic rings. The molecule has 0 bridgehead atoms. The quantitative estimate of drug-likeness (QED) is 0.710. The predicted octanol–water partition coefficient (Wildman–Crippen LogP) is 2.22. The predicted molar refractivity (Wildman–Crippen MR) is 83.4 cm³/mol. The number of aryl methyl sites for hydroxylation is 1. The van der Waals surface area contributed by atoms with E-state index in [1.807, 2.05) is 11.7 Å². The molecule has 0 radical (unpaired) electrons. The number of aromatic nitrogens is 2. The molecule has 1 N–H and O–H groups in total. The van der Waals surface area contributed by atoms with Gasteiger partial charge in [0.1, 0.15) is 0 Å². The summed E-state index contributed by atoms with van der Waals surface area (Å²) < 4.78 is 13.1. The third-order valence-electron chi connectivity index (χ3n) is 3.77. The lowest BCUT2D eigenvalue weighted by Crippen LogP contribution is -2.19. The average Bonchev–Trinajstić information content (AvgIpc) is 3.07. The highest BCUT2D eigenvalue weighted by atomic mass is 16.5. The summed E-state index contributed by atoms with van der Waals surface area (Å²) in [7, 11) is 1.98. The molecule has 21 heavy (non-hydrogen) atoms. The fraction of sp³-hybridized carbons (Fsp3) is 0.812. The van der Waals surface area contributed by atoms with Crippen molar-refractivity contribution in [3.8, 4) is 0 Å². The van der Waals surface area contributed by atoms with Gasteiger partial charge < -0.3 is 14.8 Å². The summed E-state index contributed by atoms with van der Waals surface area (Å²) in [6.07, 6.45) is 5.80. The first kappa shape index (κ1) is 16.5. The van der Waals surface area contributed by atoms with Gasteiger partial charge in [0.15, 0.2) is 0 Å². The van der Waals surface area contributed by atoms with Gasteiger partial charge in [-0.25, -0.2) is 0 Å². The van der Waals surface area contributed by atoms with Crippen LogP contribution in [-0.2, 0) is 23.1 Å². The van der Waals surface area contributed by atoms with E-state index in [-0.39, 0.29) is 0 Å². The molecule has 0 aliphatic carbocycles. The monoisotopic (exact) mass is 295 g/mol. The van der Waals surface area contributed by atoms with Crippen molar-refractivity contribution in [3.63, 3.8) is 0 Å². The summed E-state index contributed by atoms with van der Waals surface area (Å²) in [4.78, 5) is 0. The van der Waals surface area contributed by atoms with Crippen LogP contribution in [0.2, 0.25) is 0 Å². The molecule has 1 atom stereocenters. The van der Waals surface area contributed by atoms with Crippen molar-refractivity contribution in [3.05, 3.63) is 17.5 Å². The maximum atomic E-state index is 5.65. The van der Waals surface area contributed by atoms with Crippen molar-refractivity contribution < 1.29 is 9.47 Å². The molecule has 0 aromatic carbocycles. The second-order valence-corrected chi connectivity index (χ2v) is 6.11. The Morgan fingerprint density at radius 3 is 3.10 bits per heavy atom. The number of ether oxygens (including phenoxy) is 2. The van der Waals surface area contributed by atoms with Crippen LogP contribution in [0.15, 0.2) is 6.20 Å². The summed E-state index contributed by atoms with van der Waals surface area (Å²) in [5, 5.41) is 7.99. The van der Waals surface area contributed by atoms with Gasteiger partial charge in [-0.3, -0.25) is 4.68 Å². The maximum absolute atomic E-state index is 5.65. The molecule has 2 rings (SSSR count). The van der Waals surface area contributed by atoms with Crippen LogP contribution in [0.4, 0.5) is 0 Å². The van der Waals surface area contributed by atoms with Crippen LogP contribution in [0, 0.1) is 0 Å². The minimum atomic E-state index is 0.335. The average molecular weight is 295 g/mol. The largest absolute Gasteiger partial charge is 0.379 e. The number of nitrogens with zero attached hydrogens (tertiary/aromatic N) is 2. The Labute approximate surface area is 128 Å². The first-order chi connectivity index (χ1) is 10.2. The van der Waals surface area contributed by atoms with Crippen LogP contribution in [0.5, 0.6) is 0 Å². The molecular weight excluding hydrogens is 266 g/mol. The standard InChI is InChI=1S/C16H29N3O2/c1-13(2)16-14(11-19(3)18-16)10-17-7-5-8-20-12-15-6-4-9-21-15/h11,13,15,17H,4-10,12H2,1-3H3. The van der Waals surface area contributed by atoms with Crippen LogP contribution >= 0.6 is 0 Å². The Kier molecular flexibility index (Phi) is 6.67. The Hall–Kier alpha value is -0.910. The summed E-state index contributed by atoms with van der Waals surface area (Å²) in [5.74, 6) is 0.470. The van der Waals surface area contributed by atoms with E-state index in [1.165, 1.54) is 17.7 Å². The summed E-state index contributed by atoms with van der Waals surface area (Å²) in [6.45, 7) is 8.68. The third-order valence-corrected chi connectivity index (χ3v) is 3.77. The highest BCUT2D eigenvalue weighted by Gasteiger charge is 2.15. The molecule has 1 aliphatic rings. The third kappa shape index (κ3) is 5.41. The molecule has 1 unspecified atom stereocenters. The van der Waals surface area contributed by atoms with Crippen molar-refractivity contribution in [2.75, 3.05) is 26.4 Å². The molecule has 1 aromatic heterocycles. The Balaban J connectivity index is 1.55. The van der Waals surface area contributed by atoms with E-state index in [9.17, 15) is 0 Å². The van der Waals surface area contributed by atoms with Crippen molar-refractivity contribution >= 4 is 0 Å². The zero-order valence-electron chi connectivity index (χ0n) is 13.6. The minimum absolute atomic E-state index is 0.335. The zero-order chi connectivity index (χ0) is 15.1. The first-order valence-corrected chi connectivity index (χ1v) is 8.09. The molecule has 5 nitrogen and oxygen atoms in total. The number of hydrogen-bond acceptors (Lipinski definition) is 4. The van der Waals surface area contributed by atoms with E-state index in [0.717, 1.165) is 45.8 Å². The van der Waals surface area contributed by atoms with Gasteiger partial charge in [0.25, 0.3) is 0 Å². The Morgan fingerprint density at radius 2 is 2.38 bits per heavy atom. The molecular formula is C16H29N3O2. The number of nitrogens with one attached hydrogen (secondary N) is 1. The fourth-order valence-corrected chi connectivity index (χ4v) is 2.69. The molecule has 1 aliphatic heterocycles. The molecule has 0 amide bonds. The van der Waals surface area contributed by atoms with Crippen molar-refractivity contribution in [2.45, 2.75) is 51.7 Å². The summed E-state index contributed by atoms with van der Waals surface area (Å²) in [6, 6.07) is 0. The maximum Gasteiger partial charge on any atom is 0.0809 e. The van der Waals surface area contributed by atoms with Gasteiger partial charge in [0.05, 0.1) is 18.4 Å². The molecule has 5 heteroatoms. The van der Waals surface area contributed by atoms with Gasteiger partial charge in [-0.05, 0) is 31.7 Å². The van der Waals surface area contributed by atoms with Gasteiger partial charge >= 0.3 is 0 Å². The smallest absolute Gasteiger partial charge is 0.0809 e. The van der Waals surface area contributed by atoms with Crippen LogP contribution < -0.4 is 5.32 Å². The topological polar surface area (TPSA) is 48.3 Å². The van der Waals surface area contributed by atoms with Gasteiger partial charge in [-0.2, -0.15) is 5.10 Å². The second-order valence-electron chi connectivity index (χ2n) is 6.11. The van der Waals surface area contributed by atoms with Gasteiger partial charge in [0, 0.05) is 38.6 Å². The van der Waals surface area contributed by atoms with Gasteiger partial charge in [-0.1, -0.05) is 13.8 Å². The fourth-order valence-electron chi connectivity index (χ4n) is 2.69. The highest BCUT2D eigenvalue weighted by molar-refractivity contribution is 5.19. The summed E-state index contributed by atoms with van der Waals surface area (Å²) in [5.41, 5.74) is 2.49. The lowest BCUT2D eigenvalue weighted by Gasteiger charge is -2.10. The van der Waals surface area contributed by atoms with E-state index in [4.69, 9.17) is 9.47 Å². The molecule has 2 heterocycles. The van der Waals surface area contributed by atoms with Crippen molar-refractivity contribution in [2.24, 2.45) is 7.05 Å². The van der Waals surface area contributed by atoms with Crippen molar-refractivity contribution in [1.82, 2.24) is 15.1 Å². The Morgan fingerprint density at radius 1 is 1.52 bits per heavy atom. The first-order valence-electron chi connectivity index (χ1n) is 8.09. The molecule has 1 fully saturated rings. The SMILES string of the molecule is CC(C)c1nn(C)cc1CNCCCOCC1CCCO1. The lowest BCUT2D eigenvalue weighted by molar-refractivity contribution is 0.0166. The van der Waals surface area contributed by atoms with E-state index in [2.05, 4.69) is 30.5 Å². The van der Waals surface area contributed by atoms with E-state index in [1.54, 1.807) is 0 Å². The second kappa shape index (κ2) is 8.51. The normalized spacial score (nSPS) is 18.8. The molecule has 0 spiro atoms. The van der Waals surface area contributed by atoms with Crippen LogP contribution in [0.25, 0.3) is 0 Å². The number of hydrogen-bond donors (Lipinski definition) is 1. The highest BCUT2D eigenvalue weighted by Crippen LogP contribution is 2.16. The summed E-state index contributed by atoms with van der Waals surface area (Å²) >= 11 is 0. The van der Waals surface area contributed by atoms with E-state index in [0.29, 0.717) is 12.0 Å². The van der Waals surface area contributed by atoms with Crippen molar-refractivity contribution in [1.29, 1.82) is 0 Å². The van der Waals surface area contributed by atoms with Gasteiger partial charge in [0.2, 0.25) is 0 Å². The van der Waals surface area contributed by atoms with Crippen LogP contribution in [0.1, 0.15) is 50.3 Å². The molecule has 1 saturated heterocycles. The van der Waals surface area contributed by atoms with E-state index < -0.39 is 0 Å².